The molecule has 0 radical (unpaired) electrons. The van der Waals surface area contributed by atoms with Crippen LogP contribution in [0, 0.1) is 17.8 Å². The molecule has 5 fully saturated rings. The minimum Gasteiger partial charge on any atom is -0.473 e. The summed E-state index contributed by atoms with van der Waals surface area (Å²) in [6.07, 6.45) is 10.8. The van der Waals surface area contributed by atoms with Gasteiger partial charge in [-0.15, -0.1) is 6.58 Å². The number of carbonyl (C=O) groups excluding carboxylic acids is 4. The number of amides is 4. The van der Waals surface area contributed by atoms with E-state index >= 15 is 0 Å². The van der Waals surface area contributed by atoms with Crippen molar-refractivity contribution >= 4 is 44.7 Å². The van der Waals surface area contributed by atoms with Gasteiger partial charge in [-0.3, -0.25) is 23.9 Å². The van der Waals surface area contributed by atoms with Crippen molar-refractivity contribution in [2.45, 2.75) is 144 Å². The Bertz CT molecular complexity index is 2110. The molecule has 4 aliphatic carbocycles. The number of nitrogens with one attached hydrogen (secondary N) is 4. The highest BCUT2D eigenvalue weighted by Gasteiger charge is 2.62. The second-order valence-electron chi connectivity index (χ2n) is 17.5. The Labute approximate surface area is 333 Å². The van der Waals surface area contributed by atoms with E-state index in [1.807, 2.05) is 25.1 Å². The fraction of sp³-hybridized carbons (Fsp3) is 0.643. The summed E-state index contributed by atoms with van der Waals surface area (Å²) in [6, 6.07) is 5.12. The van der Waals surface area contributed by atoms with Crippen LogP contribution in [0.4, 0.5) is 4.79 Å². The average molecular weight is 806 g/mol. The number of hydrogen-bond donors (Lipinski definition) is 4. The van der Waals surface area contributed by atoms with E-state index in [4.69, 9.17) is 9.47 Å². The van der Waals surface area contributed by atoms with Crippen molar-refractivity contribution in [3.05, 3.63) is 52.7 Å². The topological polar surface area (TPSA) is 193 Å². The molecule has 14 nitrogen and oxygen atoms in total. The number of sulfonamides is 1. The van der Waals surface area contributed by atoms with Crippen LogP contribution in [-0.2, 0) is 35.6 Å². The van der Waals surface area contributed by atoms with Gasteiger partial charge in [0.2, 0.25) is 21.8 Å². The second kappa shape index (κ2) is 15.4. The van der Waals surface area contributed by atoms with Gasteiger partial charge in [0, 0.05) is 17.7 Å². The molecular formula is C42H55N5O9S. The average Bonchev–Trinajstić information content (AvgIpc) is 3.99. The zero-order valence-electron chi connectivity index (χ0n) is 32.7. The first-order valence-corrected chi connectivity index (χ1v) is 22.5. The van der Waals surface area contributed by atoms with E-state index in [0.29, 0.717) is 54.5 Å². The molecule has 4 saturated carbocycles. The van der Waals surface area contributed by atoms with Crippen molar-refractivity contribution < 1.29 is 37.1 Å². The zero-order chi connectivity index (χ0) is 40.1. The van der Waals surface area contributed by atoms with Crippen LogP contribution >= 0.6 is 0 Å². The summed E-state index contributed by atoms with van der Waals surface area (Å²) >= 11 is 0. The molecule has 308 valence electrons. The largest absolute Gasteiger partial charge is 0.473 e. The standard InChI is InChI=1S/C42H55N5O9S/c1-3-26-23-42(26,39(51)46-57(53,54)29-19-20-29)45-36(49)33-22-28-24-47(33)38(50)34(25-12-7-8-13-25)44-40(52)56-41(2)21-11-15-27(41)14-5-4-6-17-31-35(48)30-16-9-10-18-32(30)43-37(31)55-28/h3,9-10,16,18,25-29,33-34H,1,4-8,11-15,17,19-24H2,2H3,(H,43,48)(H,44,52)(H,45,49)(H,46,51)/t26?,27-,28+,33-,34-,41-,42+/m0/s1. The summed E-state index contributed by atoms with van der Waals surface area (Å²) in [4.78, 5) is 75.6. The molecule has 1 aromatic carbocycles. The predicted octanol–water partition coefficient (Wildman–Crippen LogP) is 4.51. The Morgan fingerprint density at radius 3 is 2.46 bits per heavy atom. The number of hydrogen-bond acceptors (Lipinski definition) is 9. The van der Waals surface area contributed by atoms with E-state index in [1.54, 1.807) is 6.07 Å². The third kappa shape index (κ3) is 7.80. The van der Waals surface area contributed by atoms with Crippen LogP contribution in [0.25, 0.3) is 10.9 Å². The summed E-state index contributed by atoms with van der Waals surface area (Å²) in [7, 11) is -3.91. The molecular weight excluding hydrogens is 751 g/mol. The van der Waals surface area contributed by atoms with Crippen LogP contribution in [0.1, 0.15) is 109 Å². The fourth-order valence-electron chi connectivity index (χ4n) is 10.0. The molecule has 7 atom stereocenters. The molecule has 1 aromatic heterocycles. The summed E-state index contributed by atoms with van der Waals surface area (Å²) in [5, 5.41) is 5.70. The summed E-state index contributed by atoms with van der Waals surface area (Å²) in [5.41, 5.74) is -1.27. The zero-order valence-corrected chi connectivity index (χ0v) is 33.5. The summed E-state index contributed by atoms with van der Waals surface area (Å²) in [6.45, 7) is 5.75. The van der Waals surface area contributed by atoms with Crippen LogP contribution in [0.5, 0.6) is 5.88 Å². The van der Waals surface area contributed by atoms with E-state index in [9.17, 15) is 32.4 Å². The highest BCUT2D eigenvalue weighted by atomic mass is 32.2. The van der Waals surface area contributed by atoms with E-state index in [-0.39, 0.29) is 36.7 Å². The lowest BCUT2D eigenvalue weighted by molar-refractivity contribution is -0.142. The lowest BCUT2D eigenvalue weighted by Crippen LogP contribution is -2.59. The Morgan fingerprint density at radius 1 is 0.982 bits per heavy atom. The maximum absolute atomic E-state index is 14.9. The van der Waals surface area contributed by atoms with E-state index in [2.05, 4.69) is 26.9 Å². The highest BCUT2D eigenvalue weighted by molar-refractivity contribution is 7.91. The van der Waals surface area contributed by atoms with Crippen molar-refractivity contribution in [1.82, 2.24) is 25.2 Å². The number of pyridine rings is 1. The number of aromatic amines is 1. The number of carbonyl (C=O) groups is 4. The maximum Gasteiger partial charge on any atom is 0.408 e. The SMILES string of the molecule is C=CC1C[C@]1(NC(=O)[C@@H]1C[C@@H]2CN1C(=O)[C@H](C1CCCC1)NC(=O)O[C@@]1(C)CCC[C@@H]1CCCCCc1c([nH]c3ccccc3c1=O)O2)C(=O)NS(=O)(=O)C1CC1. The molecule has 2 aliphatic heterocycles. The lowest BCUT2D eigenvalue weighted by atomic mass is 9.87. The molecule has 0 spiro atoms. The first kappa shape index (κ1) is 39.4. The van der Waals surface area contributed by atoms with Gasteiger partial charge in [0.15, 0.2) is 11.3 Å². The number of nitrogens with zero attached hydrogens (tertiary/aromatic N) is 1. The van der Waals surface area contributed by atoms with Crippen LogP contribution in [0.15, 0.2) is 41.7 Å². The number of benzene rings is 1. The van der Waals surface area contributed by atoms with Gasteiger partial charge in [-0.05, 0) is 102 Å². The minimum atomic E-state index is -3.91. The van der Waals surface area contributed by atoms with Crippen molar-refractivity contribution in [3.8, 4) is 5.88 Å². The number of alkyl carbamates (subject to hydrolysis) is 1. The molecule has 1 unspecified atom stereocenters. The summed E-state index contributed by atoms with van der Waals surface area (Å²) in [5.74, 6) is -2.20. The van der Waals surface area contributed by atoms with E-state index in [1.165, 1.54) is 11.0 Å². The van der Waals surface area contributed by atoms with Gasteiger partial charge >= 0.3 is 6.09 Å². The molecule has 57 heavy (non-hydrogen) atoms. The number of fused-ring (bicyclic) bond motifs is 5. The van der Waals surface area contributed by atoms with Crippen LogP contribution in [-0.4, -0.2) is 83.2 Å². The van der Waals surface area contributed by atoms with Crippen molar-refractivity contribution in [2.75, 3.05) is 6.54 Å². The van der Waals surface area contributed by atoms with Gasteiger partial charge in [0.1, 0.15) is 29.3 Å². The second-order valence-corrected chi connectivity index (χ2v) is 19.5. The number of aromatic nitrogens is 1. The molecule has 15 heteroatoms. The Balaban J connectivity index is 1.14. The highest BCUT2D eigenvalue weighted by Crippen LogP contribution is 2.46. The maximum atomic E-state index is 14.9. The molecule has 8 rings (SSSR count). The van der Waals surface area contributed by atoms with Gasteiger partial charge in [-0.2, -0.15) is 0 Å². The number of para-hydroxylation sites is 1. The molecule has 3 heterocycles. The number of rotatable bonds is 7. The molecule has 2 aromatic rings. The van der Waals surface area contributed by atoms with Crippen LogP contribution in [0.2, 0.25) is 0 Å². The van der Waals surface area contributed by atoms with Gasteiger partial charge < -0.3 is 30.0 Å². The summed E-state index contributed by atoms with van der Waals surface area (Å²) < 4.78 is 40.6. The van der Waals surface area contributed by atoms with E-state index in [0.717, 1.165) is 57.8 Å². The van der Waals surface area contributed by atoms with Crippen LogP contribution < -0.4 is 25.5 Å². The van der Waals surface area contributed by atoms with Crippen molar-refractivity contribution in [2.24, 2.45) is 17.8 Å². The van der Waals surface area contributed by atoms with Gasteiger partial charge in [0.05, 0.1) is 22.9 Å². The number of ether oxygens (including phenoxy) is 2. The first-order chi connectivity index (χ1) is 27.3. The predicted molar refractivity (Wildman–Crippen MR) is 212 cm³/mol. The first-order valence-electron chi connectivity index (χ1n) is 20.9. The van der Waals surface area contributed by atoms with Crippen molar-refractivity contribution in [1.29, 1.82) is 0 Å². The third-order valence-electron chi connectivity index (χ3n) is 13.7. The minimum absolute atomic E-state index is 0.0181. The lowest BCUT2D eigenvalue weighted by Gasteiger charge is -2.35. The molecule has 2 bridgehead atoms. The molecule has 4 N–H and O–H groups in total. The van der Waals surface area contributed by atoms with Crippen molar-refractivity contribution in [3.63, 3.8) is 0 Å². The van der Waals surface area contributed by atoms with Gasteiger partial charge in [-0.1, -0.05) is 43.9 Å². The van der Waals surface area contributed by atoms with E-state index < -0.39 is 74.3 Å². The normalized spacial score (nSPS) is 32.5. The molecule has 1 saturated heterocycles. The molecule has 6 aliphatic rings. The third-order valence-corrected chi connectivity index (χ3v) is 15.5. The number of H-pyrrole nitrogens is 1. The monoisotopic (exact) mass is 805 g/mol. The van der Waals surface area contributed by atoms with Crippen LogP contribution in [0.3, 0.4) is 0 Å². The quantitative estimate of drug-likeness (QED) is 0.292. The van der Waals surface area contributed by atoms with Gasteiger partial charge in [-0.25, -0.2) is 13.2 Å². The Hall–Kier alpha value is -4.40. The van der Waals surface area contributed by atoms with Gasteiger partial charge in [0.25, 0.3) is 5.91 Å². The fourth-order valence-corrected chi connectivity index (χ4v) is 11.4. The Kier molecular flexibility index (Phi) is 10.7. The molecule has 4 amide bonds. The Morgan fingerprint density at radius 2 is 1.72 bits per heavy atom. The smallest absolute Gasteiger partial charge is 0.408 e.